The fraction of sp³-hybridized carbons (Fsp3) is 0.111. The van der Waals surface area contributed by atoms with Gasteiger partial charge in [0.1, 0.15) is 19.3 Å². The van der Waals surface area contributed by atoms with Crippen LogP contribution in [0.15, 0.2) is 133 Å². The Morgan fingerprint density at radius 1 is 0.595 bits per heavy atom. The Labute approximate surface area is 245 Å². The van der Waals surface area contributed by atoms with Crippen molar-refractivity contribution in [1.82, 2.24) is 5.32 Å². The average Bonchev–Trinajstić information content (AvgIpc) is 3.04. The SMILES string of the molecule is O=C(N[C@@H](Cc1ccc(OCc2ccccc2)c(OCc2ccccc2)c1)C(=O)O)c1ccc(-c2ccccc2)cc1. The monoisotopic (exact) mass is 557 g/mol. The highest BCUT2D eigenvalue weighted by molar-refractivity contribution is 5.97. The lowest BCUT2D eigenvalue weighted by Gasteiger charge is -2.18. The van der Waals surface area contributed by atoms with Gasteiger partial charge in [-0.2, -0.15) is 0 Å². The smallest absolute Gasteiger partial charge is 0.326 e. The molecule has 1 atom stereocenters. The van der Waals surface area contributed by atoms with Crippen LogP contribution in [0.2, 0.25) is 0 Å². The molecule has 0 aliphatic rings. The lowest BCUT2D eigenvalue weighted by molar-refractivity contribution is -0.139. The molecule has 42 heavy (non-hydrogen) atoms. The summed E-state index contributed by atoms with van der Waals surface area (Å²) in [6, 6.07) is 40.7. The van der Waals surface area contributed by atoms with Gasteiger partial charge in [0.05, 0.1) is 0 Å². The van der Waals surface area contributed by atoms with Crippen LogP contribution in [0.1, 0.15) is 27.0 Å². The lowest BCUT2D eigenvalue weighted by atomic mass is 10.0. The van der Waals surface area contributed by atoms with Crippen LogP contribution >= 0.6 is 0 Å². The van der Waals surface area contributed by atoms with E-state index in [1.165, 1.54) is 0 Å². The van der Waals surface area contributed by atoms with E-state index in [1.54, 1.807) is 30.3 Å². The van der Waals surface area contributed by atoms with E-state index in [0.717, 1.165) is 22.3 Å². The molecule has 6 heteroatoms. The molecule has 0 aliphatic carbocycles. The van der Waals surface area contributed by atoms with Gasteiger partial charge in [-0.3, -0.25) is 4.79 Å². The summed E-state index contributed by atoms with van der Waals surface area (Å²) in [7, 11) is 0. The Kier molecular flexibility index (Phi) is 9.27. The molecule has 5 rings (SSSR count). The fourth-order valence-electron chi connectivity index (χ4n) is 4.50. The molecule has 1 amide bonds. The largest absolute Gasteiger partial charge is 0.485 e. The van der Waals surface area contributed by atoms with Gasteiger partial charge < -0.3 is 19.9 Å². The highest BCUT2D eigenvalue weighted by Crippen LogP contribution is 2.31. The Balaban J connectivity index is 1.30. The third-order valence-corrected chi connectivity index (χ3v) is 6.78. The Hall–Kier alpha value is -5.36. The van der Waals surface area contributed by atoms with E-state index in [0.29, 0.717) is 35.8 Å². The number of rotatable bonds is 12. The first-order chi connectivity index (χ1) is 20.5. The van der Waals surface area contributed by atoms with Gasteiger partial charge in [0.2, 0.25) is 0 Å². The molecule has 0 aliphatic heterocycles. The van der Waals surface area contributed by atoms with Crippen LogP contribution < -0.4 is 14.8 Å². The zero-order valence-corrected chi connectivity index (χ0v) is 23.0. The minimum Gasteiger partial charge on any atom is -0.485 e. The summed E-state index contributed by atoms with van der Waals surface area (Å²) in [6.07, 6.45) is 0.0732. The van der Waals surface area contributed by atoms with E-state index in [9.17, 15) is 14.7 Å². The summed E-state index contributed by atoms with van der Waals surface area (Å²) in [5.41, 5.74) is 5.09. The summed E-state index contributed by atoms with van der Waals surface area (Å²) in [6.45, 7) is 0.683. The normalized spacial score (nSPS) is 11.3. The van der Waals surface area contributed by atoms with Crippen molar-refractivity contribution in [1.29, 1.82) is 0 Å². The van der Waals surface area contributed by atoms with Crippen molar-refractivity contribution in [3.8, 4) is 22.6 Å². The van der Waals surface area contributed by atoms with Crippen LogP contribution in [0.3, 0.4) is 0 Å². The molecule has 0 radical (unpaired) electrons. The number of hydrogen-bond donors (Lipinski definition) is 2. The first kappa shape index (κ1) is 28.2. The predicted octanol–water partition coefficient (Wildman–Crippen LogP) is 6.94. The number of carbonyl (C=O) groups excluding carboxylic acids is 1. The minimum atomic E-state index is -1.13. The van der Waals surface area contributed by atoms with Gasteiger partial charge in [-0.25, -0.2) is 4.79 Å². The van der Waals surface area contributed by atoms with E-state index in [4.69, 9.17) is 9.47 Å². The number of hydrogen-bond acceptors (Lipinski definition) is 4. The summed E-state index contributed by atoms with van der Waals surface area (Å²) in [4.78, 5) is 25.1. The number of carboxylic acid groups (broad SMARTS) is 1. The average molecular weight is 558 g/mol. The Bertz CT molecular complexity index is 1600. The maximum atomic E-state index is 13.0. The second kappa shape index (κ2) is 13.8. The first-order valence-corrected chi connectivity index (χ1v) is 13.7. The Morgan fingerprint density at radius 3 is 1.69 bits per heavy atom. The molecule has 0 spiro atoms. The van der Waals surface area contributed by atoms with Crippen LogP contribution in [0.5, 0.6) is 11.5 Å². The van der Waals surface area contributed by atoms with E-state index in [1.807, 2.05) is 103 Å². The fourth-order valence-corrected chi connectivity index (χ4v) is 4.50. The van der Waals surface area contributed by atoms with Crippen LogP contribution in [0.4, 0.5) is 0 Å². The number of carbonyl (C=O) groups is 2. The first-order valence-electron chi connectivity index (χ1n) is 13.7. The summed E-state index contributed by atoms with van der Waals surface area (Å²) in [5.74, 6) is -0.530. The topological polar surface area (TPSA) is 84.9 Å². The molecule has 5 aromatic rings. The minimum absolute atomic E-state index is 0.0732. The van der Waals surface area contributed by atoms with Crippen molar-refractivity contribution >= 4 is 11.9 Å². The molecule has 6 nitrogen and oxygen atoms in total. The molecule has 0 aromatic heterocycles. The summed E-state index contributed by atoms with van der Waals surface area (Å²) < 4.78 is 12.2. The predicted molar refractivity (Wildman–Crippen MR) is 162 cm³/mol. The van der Waals surface area contributed by atoms with Gasteiger partial charge in [-0.15, -0.1) is 0 Å². The number of amides is 1. The van der Waals surface area contributed by atoms with Gasteiger partial charge in [-0.1, -0.05) is 109 Å². The molecule has 0 unspecified atom stereocenters. The number of carboxylic acids is 1. The van der Waals surface area contributed by atoms with Crippen molar-refractivity contribution < 1.29 is 24.2 Å². The molecular weight excluding hydrogens is 526 g/mol. The van der Waals surface area contributed by atoms with Crippen molar-refractivity contribution in [2.75, 3.05) is 0 Å². The van der Waals surface area contributed by atoms with Crippen molar-refractivity contribution in [3.63, 3.8) is 0 Å². The maximum absolute atomic E-state index is 13.0. The van der Waals surface area contributed by atoms with E-state index in [-0.39, 0.29) is 6.42 Å². The van der Waals surface area contributed by atoms with Gasteiger partial charge in [0.25, 0.3) is 5.91 Å². The second-order valence-electron chi connectivity index (χ2n) is 9.84. The maximum Gasteiger partial charge on any atom is 0.326 e. The van der Waals surface area contributed by atoms with Crippen molar-refractivity contribution in [3.05, 3.63) is 156 Å². The van der Waals surface area contributed by atoms with Gasteiger partial charge >= 0.3 is 5.97 Å². The van der Waals surface area contributed by atoms with Crippen molar-refractivity contribution in [2.24, 2.45) is 0 Å². The number of ether oxygens (including phenoxy) is 2. The van der Waals surface area contributed by atoms with Gasteiger partial charge in [-0.05, 0) is 52.1 Å². The molecular formula is C36H31NO5. The molecule has 0 bridgehead atoms. The molecule has 210 valence electrons. The molecule has 0 fully saturated rings. The summed E-state index contributed by atoms with van der Waals surface area (Å²) in [5, 5.41) is 12.6. The molecule has 0 saturated carbocycles. The van der Waals surface area contributed by atoms with E-state index < -0.39 is 17.9 Å². The van der Waals surface area contributed by atoms with Gasteiger partial charge in [0.15, 0.2) is 11.5 Å². The molecule has 5 aromatic carbocycles. The number of aliphatic carboxylic acids is 1. The number of benzene rings is 5. The zero-order chi connectivity index (χ0) is 29.1. The molecule has 0 heterocycles. The molecule has 2 N–H and O–H groups in total. The van der Waals surface area contributed by atoms with Crippen LogP contribution in [0.25, 0.3) is 11.1 Å². The van der Waals surface area contributed by atoms with Crippen LogP contribution in [-0.4, -0.2) is 23.0 Å². The van der Waals surface area contributed by atoms with Crippen LogP contribution in [-0.2, 0) is 24.4 Å². The number of nitrogens with one attached hydrogen (secondary N) is 1. The van der Waals surface area contributed by atoms with E-state index >= 15 is 0 Å². The zero-order valence-electron chi connectivity index (χ0n) is 23.0. The van der Waals surface area contributed by atoms with Crippen LogP contribution in [0, 0.1) is 0 Å². The third kappa shape index (κ3) is 7.64. The summed E-state index contributed by atoms with van der Waals surface area (Å²) >= 11 is 0. The Morgan fingerprint density at radius 2 is 1.12 bits per heavy atom. The highest BCUT2D eigenvalue weighted by Gasteiger charge is 2.22. The highest BCUT2D eigenvalue weighted by atomic mass is 16.5. The standard InChI is InChI=1S/C36H31NO5/c38-35(31-19-17-30(18-20-31)29-14-8-3-9-15-29)37-32(36(39)40)22-28-16-21-33(41-24-26-10-4-1-5-11-26)34(23-28)42-25-27-12-6-2-7-13-27/h1-21,23,32H,22,24-25H2,(H,37,38)(H,39,40)/t32-/m0/s1. The lowest BCUT2D eigenvalue weighted by Crippen LogP contribution is -2.42. The molecule has 0 saturated heterocycles. The quantitative estimate of drug-likeness (QED) is 0.174. The van der Waals surface area contributed by atoms with Crippen molar-refractivity contribution in [2.45, 2.75) is 25.7 Å². The van der Waals surface area contributed by atoms with Gasteiger partial charge in [0, 0.05) is 12.0 Å². The third-order valence-electron chi connectivity index (χ3n) is 6.78. The second-order valence-corrected chi connectivity index (χ2v) is 9.84. The van der Waals surface area contributed by atoms with E-state index in [2.05, 4.69) is 5.32 Å².